The predicted molar refractivity (Wildman–Crippen MR) is 140 cm³/mol. The Morgan fingerprint density at radius 3 is 1.82 bits per heavy atom. The van der Waals surface area contributed by atoms with E-state index in [1.165, 1.54) is 5.56 Å². The van der Waals surface area contributed by atoms with E-state index < -0.39 is 67.2 Å². The van der Waals surface area contributed by atoms with Crippen molar-refractivity contribution in [1.29, 1.82) is 0 Å². The van der Waals surface area contributed by atoms with E-state index in [1.807, 2.05) is 19.1 Å². The van der Waals surface area contributed by atoms with Crippen LogP contribution in [0.15, 0.2) is 24.3 Å². The first-order valence-corrected chi connectivity index (χ1v) is 12.2. The molecule has 0 heterocycles. The average Bonchev–Trinajstić information content (AvgIpc) is 2.89. The minimum Gasteiger partial charge on any atom is -0.508 e. The normalized spacial score (nSPS) is 11.6. The number of hydrogen-bond donors (Lipinski definition) is 9. The van der Waals surface area contributed by atoms with Gasteiger partial charge in [-0.2, -0.15) is 0 Å². The predicted octanol–water partition coefficient (Wildman–Crippen LogP) is -3.24. The summed E-state index contributed by atoms with van der Waals surface area (Å²) in [5.41, 5.74) is 16.6. The van der Waals surface area contributed by atoms with Gasteiger partial charge in [0.05, 0.1) is 13.1 Å². The van der Waals surface area contributed by atoms with E-state index in [1.54, 1.807) is 12.1 Å². The number of nitrogens with one attached hydrogen (secondary N) is 4. The molecule has 0 aliphatic rings. The number of carbonyl (C=O) groups is 6. The van der Waals surface area contributed by atoms with Gasteiger partial charge in [0.1, 0.15) is 24.4 Å². The number of primary amides is 2. The average molecular weight is 554 g/mol. The van der Waals surface area contributed by atoms with Crippen molar-refractivity contribution in [3.8, 4) is 5.75 Å². The van der Waals surface area contributed by atoms with Gasteiger partial charge in [0, 0.05) is 6.42 Å². The number of nitrogens with two attached hydrogens (primary N) is 3. The Balaban J connectivity index is 0.00000152. The molecule has 218 valence electrons. The number of phenols is 1. The summed E-state index contributed by atoms with van der Waals surface area (Å²) < 4.78 is 0. The molecule has 0 aliphatic carbocycles. The maximum Gasteiger partial charge on any atom is 0.246 e. The quantitative estimate of drug-likeness (QED) is 0.0929. The van der Waals surface area contributed by atoms with Gasteiger partial charge in [-0.1, -0.05) is 17.7 Å². The first-order valence-electron chi connectivity index (χ1n) is 12.2. The number of phenolic OH excluding ortho intramolecular Hbond substituents is 1. The zero-order chi connectivity index (χ0) is 29.8. The number of aryl methyl sites for hydroxylation is 1. The molecule has 0 spiro atoms. The lowest BCUT2D eigenvalue weighted by Gasteiger charge is -2.20. The van der Waals surface area contributed by atoms with Gasteiger partial charge in [0.2, 0.25) is 35.4 Å². The molecule has 15 nitrogen and oxygen atoms in total. The van der Waals surface area contributed by atoms with Crippen molar-refractivity contribution in [2.24, 2.45) is 17.2 Å². The molecule has 0 bridgehead atoms. The van der Waals surface area contributed by atoms with Crippen molar-refractivity contribution >= 4 is 35.4 Å². The summed E-state index contributed by atoms with van der Waals surface area (Å²) >= 11 is 0. The van der Waals surface area contributed by atoms with Gasteiger partial charge in [0.15, 0.2) is 0 Å². The van der Waals surface area contributed by atoms with Crippen LogP contribution in [0.5, 0.6) is 5.75 Å². The van der Waals surface area contributed by atoms with E-state index in [0.29, 0.717) is 25.1 Å². The Morgan fingerprint density at radius 2 is 1.33 bits per heavy atom. The molecule has 1 aromatic carbocycles. The minimum atomic E-state index is -1.20. The highest BCUT2D eigenvalue weighted by molar-refractivity contribution is 5.93. The van der Waals surface area contributed by atoms with Crippen LogP contribution in [0.1, 0.15) is 37.7 Å². The fourth-order valence-electron chi connectivity index (χ4n) is 2.94. The fourth-order valence-corrected chi connectivity index (χ4v) is 2.94. The van der Waals surface area contributed by atoms with Crippen LogP contribution in [0.3, 0.4) is 0 Å². The van der Waals surface area contributed by atoms with Crippen LogP contribution in [-0.2, 0) is 28.8 Å². The van der Waals surface area contributed by atoms with Gasteiger partial charge in [-0.3, -0.25) is 28.8 Å². The second-order valence-corrected chi connectivity index (χ2v) is 8.43. The summed E-state index contributed by atoms with van der Waals surface area (Å²) in [5.74, 6) is -4.07. The summed E-state index contributed by atoms with van der Waals surface area (Å²) in [6.07, 6.45) is 1.04. The molecule has 6 amide bonds. The van der Waals surface area contributed by atoms with E-state index in [4.69, 9.17) is 27.4 Å². The maximum absolute atomic E-state index is 12.2. The number of rotatable bonds is 16. The molecule has 15 heteroatoms. The molecule has 0 saturated heterocycles. The van der Waals surface area contributed by atoms with Crippen LogP contribution >= 0.6 is 0 Å². The Morgan fingerprint density at radius 1 is 0.795 bits per heavy atom. The number of carbonyl (C=O) groups excluding carboxylic acids is 6. The molecule has 2 unspecified atom stereocenters. The monoisotopic (exact) mass is 553 g/mol. The summed E-state index contributed by atoms with van der Waals surface area (Å²) in [6, 6.07) is 4.92. The fraction of sp³-hybridized carbons (Fsp3) is 0.500. The van der Waals surface area contributed by atoms with Gasteiger partial charge in [0.25, 0.3) is 0 Å². The minimum absolute atomic E-state index is 0.133. The zero-order valence-electron chi connectivity index (χ0n) is 21.9. The number of aromatic hydroxyl groups is 1. The topological polar surface area (TPSA) is 269 Å². The Bertz CT molecular complexity index is 935. The smallest absolute Gasteiger partial charge is 0.246 e. The third-order valence-corrected chi connectivity index (χ3v) is 4.97. The van der Waals surface area contributed by atoms with Gasteiger partial charge >= 0.3 is 0 Å². The number of amides is 6. The summed E-state index contributed by atoms with van der Waals surface area (Å²) in [5, 5.41) is 26.8. The second kappa shape index (κ2) is 19.8. The Hall–Kier alpha value is -4.24. The van der Waals surface area contributed by atoms with Crippen molar-refractivity contribution < 1.29 is 39.0 Å². The largest absolute Gasteiger partial charge is 0.508 e. The lowest BCUT2D eigenvalue weighted by Crippen LogP contribution is -2.53. The van der Waals surface area contributed by atoms with Crippen LogP contribution in [-0.4, -0.2) is 84.0 Å². The van der Waals surface area contributed by atoms with Crippen molar-refractivity contribution in [3.05, 3.63) is 29.8 Å². The molecule has 1 aromatic rings. The Kier molecular flexibility index (Phi) is 17.7. The van der Waals surface area contributed by atoms with E-state index in [-0.39, 0.29) is 19.3 Å². The van der Waals surface area contributed by atoms with Crippen molar-refractivity contribution in [3.63, 3.8) is 0 Å². The molecule has 39 heavy (non-hydrogen) atoms. The first kappa shape index (κ1) is 34.8. The number of benzene rings is 1. The zero-order valence-corrected chi connectivity index (χ0v) is 21.9. The molecule has 0 aliphatic heterocycles. The van der Waals surface area contributed by atoms with Crippen molar-refractivity contribution in [2.75, 3.05) is 26.2 Å². The second-order valence-electron chi connectivity index (χ2n) is 8.43. The first-order chi connectivity index (χ1) is 18.4. The molecular formula is C24H39N7O8. The summed E-state index contributed by atoms with van der Waals surface area (Å²) in [7, 11) is 0. The molecule has 0 fully saturated rings. The molecule has 0 aromatic heterocycles. The molecule has 2 atom stereocenters. The number of aliphatic hydroxyl groups is 1. The van der Waals surface area contributed by atoms with Crippen LogP contribution in [0.4, 0.5) is 0 Å². The SMILES string of the molecule is Cc1ccc(O)cc1.NCCCCC(NC(=O)CNC(=O)C(CCC(N)=O)NC(=O)CO)C(=O)NCC(N)=O. The Labute approximate surface area is 226 Å². The summed E-state index contributed by atoms with van der Waals surface area (Å²) in [4.78, 5) is 69.7. The molecule has 12 N–H and O–H groups in total. The lowest BCUT2D eigenvalue weighted by atomic mass is 10.1. The van der Waals surface area contributed by atoms with Gasteiger partial charge in [-0.05, 0) is 51.3 Å². The maximum atomic E-state index is 12.2. The van der Waals surface area contributed by atoms with Gasteiger partial charge in [-0.15, -0.1) is 0 Å². The van der Waals surface area contributed by atoms with E-state index in [0.717, 1.165) is 0 Å². The van der Waals surface area contributed by atoms with E-state index >= 15 is 0 Å². The van der Waals surface area contributed by atoms with Crippen LogP contribution in [0, 0.1) is 6.92 Å². The molecule has 1 rings (SSSR count). The highest BCUT2D eigenvalue weighted by Gasteiger charge is 2.24. The van der Waals surface area contributed by atoms with E-state index in [9.17, 15) is 28.8 Å². The third kappa shape index (κ3) is 17.8. The third-order valence-electron chi connectivity index (χ3n) is 4.97. The molecule has 0 radical (unpaired) electrons. The highest BCUT2D eigenvalue weighted by atomic mass is 16.3. The van der Waals surface area contributed by atoms with Crippen molar-refractivity contribution in [2.45, 2.75) is 51.1 Å². The van der Waals surface area contributed by atoms with Crippen LogP contribution in [0.2, 0.25) is 0 Å². The molecule has 0 saturated carbocycles. The number of unbranched alkanes of at least 4 members (excludes halogenated alkanes) is 1. The molecular weight excluding hydrogens is 514 g/mol. The van der Waals surface area contributed by atoms with Gasteiger partial charge in [-0.25, -0.2) is 0 Å². The highest BCUT2D eigenvalue weighted by Crippen LogP contribution is 2.07. The standard InChI is InChI=1S/C17H31N7O7.C7H8O/c18-6-2-1-3-10(16(30)21-7-13(20)27)23-14(28)8-22-17(31)11(4-5-12(19)26)24-15(29)9-25;1-6-2-4-7(8)5-3-6/h10-11,25H,1-9,18H2,(H2,19,26)(H2,20,27)(H,21,30)(H,22,31)(H,23,28)(H,24,29);2-5,8H,1H3. The summed E-state index contributed by atoms with van der Waals surface area (Å²) in [6.45, 7) is 0.583. The van der Waals surface area contributed by atoms with E-state index in [2.05, 4.69) is 21.3 Å². The lowest BCUT2D eigenvalue weighted by molar-refractivity contribution is -0.132. The van der Waals surface area contributed by atoms with Crippen LogP contribution < -0.4 is 38.5 Å². The number of aliphatic hydroxyl groups excluding tert-OH is 1. The van der Waals surface area contributed by atoms with Crippen molar-refractivity contribution in [1.82, 2.24) is 21.3 Å². The van der Waals surface area contributed by atoms with Crippen LogP contribution in [0.25, 0.3) is 0 Å². The van der Waals surface area contributed by atoms with Gasteiger partial charge < -0.3 is 48.7 Å². The number of hydrogen-bond acceptors (Lipinski definition) is 9.